The summed E-state index contributed by atoms with van der Waals surface area (Å²) in [5.74, 6) is 1.69. The van der Waals surface area contributed by atoms with Crippen molar-refractivity contribution in [3.63, 3.8) is 0 Å². The van der Waals surface area contributed by atoms with Crippen LogP contribution in [0.3, 0.4) is 0 Å². The first-order valence-corrected chi connectivity index (χ1v) is 9.63. The molecule has 0 atom stereocenters. The fraction of sp³-hybridized carbons (Fsp3) is 0.250. The van der Waals surface area contributed by atoms with E-state index in [1.165, 1.54) is 5.56 Å². The summed E-state index contributed by atoms with van der Waals surface area (Å²) in [6.45, 7) is 7.28. The van der Waals surface area contributed by atoms with Crippen molar-refractivity contribution in [1.82, 2.24) is 4.98 Å². The summed E-state index contributed by atoms with van der Waals surface area (Å²) >= 11 is 0. The van der Waals surface area contributed by atoms with Crippen LogP contribution in [-0.4, -0.2) is 17.5 Å². The number of anilines is 1. The highest BCUT2D eigenvalue weighted by molar-refractivity contribution is 6.05. The Bertz CT molecular complexity index is 905. The Morgan fingerprint density at radius 2 is 1.82 bits per heavy atom. The molecule has 1 amide bonds. The first-order valence-electron chi connectivity index (χ1n) is 9.63. The molecule has 28 heavy (non-hydrogen) atoms. The molecule has 0 aliphatic heterocycles. The van der Waals surface area contributed by atoms with Crippen LogP contribution in [0.5, 0.6) is 5.75 Å². The Balaban J connectivity index is 1.91. The van der Waals surface area contributed by atoms with Crippen LogP contribution in [0.1, 0.15) is 48.2 Å². The fourth-order valence-corrected chi connectivity index (χ4v) is 3.00. The van der Waals surface area contributed by atoms with E-state index in [2.05, 4.69) is 43.1 Å². The van der Waals surface area contributed by atoms with Gasteiger partial charge in [0, 0.05) is 11.8 Å². The van der Waals surface area contributed by atoms with Crippen molar-refractivity contribution in [3.8, 4) is 5.75 Å². The van der Waals surface area contributed by atoms with Crippen molar-refractivity contribution in [2.24, 2.45) is 0 Å². The number of carbonyl (C=O) groups excluding carboxylic acids is 1. The van der Waals surface area contributed by atoms with Crippen molar-refractivity contribution in [2.75, 3.05) is 11.5 Å². The van der Waals surface area contributed by atoms with Gasteiger partial charge in [0.15, 0.2) is 0 Å². The monoisotopic (exact) mass is 374 g/mol. The minimum absolute atomic E-state index is 0.104. The predicted molar refractivity (Wildman–Crippen MR) is 113 cm³/mol. The Morgan fingerprint density at radius 3 is 2.46 bits per heavy atom. The van der Waals surface area contributed by atoms with Crippen LogP contribution in [0.15, 0.2) is 72.9 Å². The molecule has 1 heterocycles. The van der Waals surface area contributed by atoms with Gasteiger partial charge in [-0.15, -0.1) is 0 Å². The molecule has 4 heteroatoms. The van der Waals surface area contributed by atoms with E-state index >= 15 is 0 Å². The molecule has 144 valence electrons. The molecule has 4 nitrogen and oxygen atoms in total. The van der Waals surface area contributed by atoms with Gasteiger partial charge in [-0.1, -0.05) is 50.2 Å². The highest BCUT2D eigenvalue weighted by atomic mass is 16.5. The van der Waals surface area contributed by atoms with Crippen molar-refractivity contribution in [1.29, 1.82) is 0 Å². The maximum absolute atomic E-state index is 13.3. The molecule has 1 aromatic heterocycles. The molecule has 0 saturated heterocycles. The molecule has 0 spiro atoms. The van der Waals surface area contributed by atoms with Crippen LogP contribution in [0, 0.1) is 0 Å². The predicted octanol–water partition coefficient (Wildman–Crippen LogP) is 5.45. The van der Waals surface area contributed by atoms with Gasteiger partial charge in [0.05, 0.1) is 13.2 Å². The number of rotatable bonds is 7. The first kappa shape index (κ1) is 19.6. The fourth-order valence-electron chi connectivity index (χ4n) is 3.00. The molecule has 0 bridgehead atoms. The van der Waals surface area contributed by atoms with E-state index < -0.39 is 0 Å². The summed E-state index contributed by atoms with van der Waals surface area (Å²) in [6, 6.07) is 21.3. The SMILES string of the molecule is CCOc1cccc(C(=O)N(Cc2ccc(C(C)C)cc2)c2ccccn2)c1. The van der Waals surface area contributed by atoms with Crippen LogP contribution >= 0.6 is 0 Å². The van der Waals surface area contributed by atoms with Crippen LogP contribution < -0.4 is 9.64 Å². The third-order valence-electron chi connectivity index (χ3n) is 4.55. The number of nitrogens with zero attached hydrogens (tertiary/aromatic N) is 2. The summed E-state index contributed by atoms with van der Waals surface area (Å²) in [5, 5.41) is 0. The Hall–Kier alpha value is -3.14. The first-order chi connectivity index (χ1) is 13.6. The molecule has 0 aliphatic carbocycles. The third-order valence-corrected chi connectivity index (χ3v) is 4.55. The van der Waals surface area contributed by atoms with Crippen molar-refractivity contribution in [2.45, 2.75) is 33.2 Å². The average Bonchev–Trinajstić information content (AvgIpc) is 2.73. The molecular weight excluding hydrogens is 348 g/mol. The van der Waals surface area contributed by atoms with E-state index in [1.807, 2.05) is 43.3 Å². The molecule has 3 rings (SSSR count). The normalized spacial score (nSPS) is 10.7. The molecular formula is C24H26N2O2. The second-order valence-electron chi connectivity index (χ2n) is 6.94. The second kappa shape index (κ2) is 9.18. The topological polar surface area (TPSA) is 42.4 Å². The van der Waals surface area contributed by atoms with E-state index in [0.29, 0.717) is 36.2 Å². The number of ether oxygens (including phenoxy) is 1. The summed E-state index contributed by atoms with van der Waals surface area (Å²) in [5.41, 5.74) is 2.92. The second-order valence-corrected chi connectivity index (χ2v) is 6.94. The minimum Gasteiger partial charge on any atom is -0.494 e. The van der Waals surface area contributed by atoms with Gasteiger partial charge in [-0.25, -0.2) is 4.98 Å². The van der Waals surface area contributed by atoms with Crippen LogP contribution in [0.2, 0.25) is 0 Å². The Kier molecular flexibility index (Phi) is 6.43. The Labute approximate surface area is 166 Å². The Morgan fingerprint density at radius 1 is 1.04 bits per heavy atom. The zero-order chi connectivity index (χ0) is 19.9. The van der Waals surface area contributed by atoms with Gasteiger partial charge in [-0.2, -0.15) is 0 Å². The van der Waals surface area contributed by atoms with Gasteiger partial charge in [0.1, 0.15) is 11.6 Å². The highest BCUT2D eigenvalue weighted by Gasteiger charge is 2.20. The number of amides is 1. The van der Waals surface area contributed by atoms with Crippen LogP contribution in [0.25, 0.3) is 0 Å². The number of pyridine rings is 1. The van der Waals surface area contributed by atoms with E-state index in [1.54, 1.807) is 17.2 Å². The van der Waals surface area contributed by atoms with Gasteiger partial charge in [-0.05, 0) is 54.3 Å². The summed E-state index contributed by atoms with van der Waals surface area (Å²) in [4.78, 5) is 19.4. The number of aromatic nitrogens is 1. The molecule has 0 unspecified atom stereocenters. The molecule has 0 fully saturated rings. The molecule has 0 radical (unpaired) electrons. The summed E-state index contributed by atoms with van der Waals surface area (Å²) in [7, 11) is 0. The standard InChI is InChI=1S/C24H26N2O2/c1-4-28-22-9-7-8-21(16-22)24(27)26(23-10-5-6-15-25-23)17-19-11-13-20(14-12-19)18(2)3/h5-16,18H,4,17H2,1-3H3. The lowest BCUT2D eigenvalue weighted by Gasteiger charge is -2.22. The maximum atomic E-state index is 13.3. The molecule has 0 N–H and O–H groups in total. The highest BCUT2D eigenvalue weighted by Crippen LogP contribution is 2.22. The zero-order valence-electron chi connectivity index (χ0n) is 16.6. The average molecular weight is 374 g/mol. The maximum Gasteiger partial charge on any atom is 0.259 e. The summed E-state index contributed by atoms with van der Waals surface area (Å²) < 4.78 is 5.55. The number of hydrogen-bond donors (Lipinski definition) is 0. The van der Waals surface area contributed by atoms with Gasteiger partial charge in [0.2, 0.25) is 0 Å². The van der Waals surface area contributed by atoms with E-state index in [9.17, 15) is 4.79 Å². The number of hydrogen-bond acceptors (Lipinski definition) is 3. The van der Waals surface area contributed by atoms with Gasteiger partial charge < -0.3 is 4.74 Å². The minimum atomic E-state index is -0.104. The van der Waals surface area contributed by atoms with Crippen molar-refractivity contribution >= 4 is 11.7 Å². The van der Waals surface area contributed by atoms with E-state index in [-0.39, 0.29) is 5.91 Å². The smallest absolute Gasteiger partial charge is 0.259 e. The van der Waals surface area contributed by atoms with Gasteiger partial charge in [-0.3, -0.25) is 9.69 Å². The summed E-state index contributed by atoms with van der Waals surface area (Å²) in [6.07, 6.45) is 1.70. The molecule has 0 aliphatic rings. The van der Waals surface area contributed by atoms with Crippen molar-refractivity contribution < 1.29 is 9.53 Å². The van der Waals surface area contributed by atoms with E-state index in [4.69, 9.17) is 4.74 Å². The number of carbonyl (C=O) groups is 1. The third kappa shape index (κ3) is 4.77. The lowest BCUT2D eigenvalue weighted by Crippen LogP contribution is -2.31. The molecule has 2 aromatic carbocycles. The molecule has 0 saturated carbocycles. The van der Waals surface area contributed by atoms with Gasteiger partial charge >= 0.3 is 0 Å². The molecule has 3 aromatic rings. The largest absolute Gasteiger partial charge is 0.494 e. The lowest BCUT2D eigenvalue weighted by atomic mass is 10.0. The number of benzene rings is 2. The zero-order valence-corrected chi connectivity index (χ0v) is 16.6. The quantitative estimate of drug-likeness (QED) is 0.552. The van der Waals surface area contributed by atoms with Gasteiger partial charge in [0.25, 0.3) is 5.91 Å². The van der Waals surface area contributed by atoms with Crippen LogP contribution in [-0.2, 0) is 6.54 Å². The van der Waals surface area contributed by atoms with E-state index in [0.717, 1.165) is 5.56 Å². The lowest BCUT2D eigenvalue weighted by molar-refractivity contribution is 0.0984. The van der Waals surface area contributed by atoms with Crippen molar-refractivity contribution in [3.05, 3.63) is 89.6 Å². The van der Waals surface area contributed by atoms with Crippen LogP contribution in [0.4, 0.5) is 5.82 Å².